The molecule has 10 heteroatoms. The van der Waals surface area contributed by atoms with Crippen molar-refractivity contribution in [3.05, 3.63) is 87.8 Å². The molecule has 0 spiro atoms. The maximum Gasteiger partial charge on any atom is 0.338 e. The Morgan fingerprint density at radius 1 is 1.20 bits per heavy atom. The van der Waals surface area contributed by atoms with E-state index in [1.807, 2.05) is 0 Å². The third-order valence-corrected chi connectivity index (χ3v) is 5.71. The molecule has 9 nitrogen and oxygen atoms in total. The minimum Gasteiger partial charge on any atom is -0.469 e. The number of imide groups is 1. The molecule has 2 aromatic carbocycles. The van der Waals surface area contributed by atoms with Crippen LogP contribution in [-0.4, -0.2) is 36.5 Å². The molecule has 4 rings (SSSR count). The lowest BCUT2D eigenvalue weighted by Gasteiger charge is -2.31. The van der Waals surface area contributed by atoms with E-state index < -0.39 is 29.6 Å². The number of hydrogen-bond acceptors (Lipinski definition) is 7. The zero-order valence-electron chi connectivity index (χ0n) is 18.8. The molecule has 2 heterocycles. The van der Waals surface area contributed by atoms with Crippen LogP contribution in [0.3, 0.4) is 0 Å². The number of hydrazone groups is 1. The van der Waals surface area contributed by atoms with Crippen molar-refractivity contribution < 1.29 is 28.3 Å². The Hall–Kier alpha value is -4.24. The van der Waals surface area contributed by atoms with E-state index in [1.165, 1.54) is 36.7 Å². The predicted molar refractivity (Wildman–Crippen MR) is 128 cm³/mol. The molecule has 0 saturated heterocycles. The van der Waals surface area contributed by atoms with Gasteiger partial charge in [-0.25, -0.2) is 15.1 Å². The third kappa shape index (κ3) is 4.58. The van der Waals surface area contributed by atoms with Crippen LogP contribution in [0.15, 0.2) is 64.3 Å². The summed E-state index contributed by atoms with van der Waals surface area (Å²) < 4.78 is 10.1. The van der Waals surface area contributed by atoms with Gasteiger partial charge in [-0.1, -0.05) is 29.8 Å². The highest BCUT2D eigenvalue weighted by molar-refractivity contribution is 6.37. The lowest BCUT2D eigenvalue weighted by Crippen LogP contribution is -2.45. The monoisotopic (exact) mass is 493 g/mol. The van der Waals surface area contributed by atoms with Crippen molar-refractivity contribution in [2.45, 2.75) is 19.8 Å². The first-order chi connectivity index (χ1) is 16.8. The Labute approximate surface area is 205 Å². The largest absolute Gasteiger partial charge is 0.469 e. The summed E-state index contributed by atoms with van der Waals surface area (Å²) >= 11 is 6.38. The molecule has 1 aliphatic rings. The molecule has 0 radical (unpaired) electrons. The average Bonchev–Trinajstić information content (AvgIpc) is 3.28. The topological polar surface area (TPSA) is 118 Å². The average molecular weight is 494 g/mol. The molecule has 1 aliphatic heterocycles. The molecule has 1 atom stereocenters. The fourth-order valence-corrected chi connectivity index (χ4v) is 3.97. The molecular weight excluding hydrogens is 474 g/mol. The molecule has 1 N–H and O–H groups in total. The lowest BCUT2D eigenvalue weighted by molar-refractivity contribution is -0.118. The lowest BCUT2D eigenvalue weighted by atomic mass is 9.89. The number of anilines is 1. The molecular formula is C25H20ClN3O6. The van der Waals surface area contributed by atoms with Crippen molar-refractivity contribution in [2.24, 2.45) is 5.10 Å². The Balaban J connectivity index is 1.66. The van der Waals surface area contributed by atoms with Crippen molar-refractivity contribution in [3.63, 3.8) is 0 Å². The van der Waals surface area contributed by atoms with Crippen molar-refractivity contribution in [2.75, 3.05) is 11.5 Å². The van der Waals surface area contributed by atoms with E-state index in [9.17, 15) is 19.2 Å². The second-order valence-electron chi connectivity index (χ2n) is 7.54. The first-order valence-electron chi connectivity index (χ1n) is 10.6. The second-order valence-corrected chi connectivity index (χ2v) is 7.95. The summed E-state index contributed by atoms with van der Waals surface area (Å²) in [5, 5.41) is 3.98. The first kappa shape index (κ1) is 23.9. The number of esters is 1. The number of halogens is 1. The van der Waals surface area contributed by atoms with Crippen LogP contribution in [0.1, 0.15) is 55.2 Å². The number of benzene rings is 2. The number of ether oxygens (including phenoxy) is 1. The number of nitrogens with one attached hydrogen (secondary N) is 1. The van der Waals surface area contributed by atoms with Crippen LogP contribution in [0.2, 0.25) is 5.02 Å². The van der Waals surface area contributed by atoms with Crippen LogP contribution in [0.5, 0.6) is 0 Å². The standard InChI is InChI=1S/C25H20ClN3O6/c1-3-34-25(33)15-8-9-21(20(26)12-15)29-23(31)18-7-5-4-6-17(18)19(24(29)32)13-27-28-22(30)16-10-11-35-14(16)2/h4-13,19H,3H2,1-2H3,(H,28,30). The maximum atomic E-state index is 13.5. The molecule has 178 valence electrons. The van der Waals surface area contributed by atoms with Gasteiger partial charge in [-0.3, -0.25) is 14.4 Å². The van der Waals surface area contributed by atoms with Crippen molar-refractivity contribution in [3.8, 4) is 0 Å². The number of carbonyl (C=O) groups excluding carboxylic acids is 4. The van der Waals surface area contributed by atoms with Crippen LogP contribution in [0, 0.1) is 6.92 Å². The fraction of sp³-hybridized carbons (Fsp3) is 0.160. The third-order valence-electron chi connectivity index (χ3n) is 5.41. The molecule has 0 aliphatic carbocycles. The number of fused-ring (bicyclic) bond motifs is 1. The Bertz CT molecular complexity index is 1360. The van der Waals surface area contributed by atoms with Gasteiger partial charge in [0.05, 0.1) is 34.7 Å². The zero-order valence-corrected chi connectivity index (χ0v) is 19.5. The van der Waals surface area contributed by atoms with Gasteiger partial charge in [-0.15, -0.1) is 0 Å². The van der Waals surface area contributed by atoms with Gasteiger partial charge < -0.3 is 9.15 Å². The van der Waals surface area contributed by atoms with Crippen LogP contribution >= 0.6 is 11.6 Å². The van der Waals surface area contributed by atoms with Gasteiger partial charge in [0.15, 0.2) is 0 Å². The van der Waals surface area contributed by atoms with Crippen LogP contribution in [-0.2, 0) is 9.53 Å². The van der Waals surface area contributed by atoms with E-state index in [1.54, 1.807) is 38.1 Å². The minimum absolute atomic E-state index is 0.0241. The van der Waals surface area contributed by atoms with E-state index in [-0.39, 0.29) is 28.4 Å². The fourth-order valence-electron chi connectivity index (χ4n) is 3.71. The number of rotatable bonds is 6. The molecule has 3 amide bonds. The Morgan fingerprint density at radius 3 is 2.66 bits per heavy atom. The van der Waals surface area contributed by atoms with Crippen LogP contribution in [0.25, 0.3) is 0 Å². The van der Waals surface area contributed by atoms with Crippen LogP contribution in [0.4, 0.5) is 5.69 Å². The van der Waals surface area contributed by atoms with Crippen molar-refractivity contribution in [1.29, 1.82) is 0 Å². The summed E-state index contributed by atoms with van der Waals surface area (Å²) in [5.74, 6) is -2.81. The number of furan rings is 1. The molecule has 0 fully saturated rings. The van der Waals surface area contributed by atoms with Crippen LogP contribution < -0.4 is 10.3 Å². The van der Waals surface area contributed by atoms with E-state index in [4.69, 9.17) is 20.8 Å². The molecule has 1 aromatic heterocycles. The number of aryl methyl sites for hydroxylation is 1. The number of carbonyl (C=O) groups is 4. The zero-order chi connectivity index (χ0) is 25.1. The molecule has 0 saturated carbocycles. The van der Waals surface area contributed by atoms with Crippen molar-refractivity contribution >= 4 is 47.2 Å². The molecule has 3 aromatic rings. The summed E-state index contributed by atoms with van der Waals surface area (Å²) in [6.07, 6.45) is 2.64. The van der Waals surface area contributed by atoms with Gasteiger partial charge >= 0.3 is 5.97 Å². The number of nitrogens with zero attached hydrogens (tertiary/aromatic N) is 2. The second kappa shape index (κ2) is 9.94. The summed E-state index contributed by atoms with van der Waals surface area (Å²) in [7, 11) is 0. The van der Waals surface area contributed by atoms with Crippen molar-refractivity contribution in [1.82, 2.24) is 5.43 Å². The quantitative estimate of drug-likeness (QED) is 0.239. The molecule has 35 heavy (non-hydrogen) atoms. The van der Waals surface area contributed by atoms with Gasteiger partial charge in [-0.2, -0.15) is 5.10 Å². The summed E-state index contributed by atoms with van der Waals surface area (Å²) in [4.78, 5) is 52.0. The van der Waals surface area contributed by atoms with E-state index >= 15 is 0 Å². The highest BCUT2D eigenvalue weighted by atomic mass is 35.5. The van der Waals surface area contributed by atoms with Gasteiger partial charge in [-0.05, 0) is 49.7 Å². The Kier molecular flexibility index (Phi) is 6.79. The van der Waals surface area contributed by atoms with E-state index in [0.717, 1.165) is 4.90 Å². The Morgan fingerprint density at radius 2 is 1.97 bits per heavy atom. The van der Waals surface area contributed by atoms with E-state index in [0.29, 0.717) is 16.9 Å². The molecule has 0 bridgehead atoms. The predicted octanol–water partition coefficient (Wildman–Crippen LogP) is 4.10. The highest BCUT2D eigenvalue weighted by Crippen LogP contribution is 2.35. The smallest absolute Gasteiger partial charge is 0.338 e. The summed E-state index contributed by atoms with van der Waals surface area (Å²) in [5.41, 5.74) is 3.70. The molecule has 1 unspecified atom stereocenters. The maximum absolute atomic E-state index is 13.5. The number of hydrogen-bond donors (Lipinski definition) is 1. The first-order valence-corrected chi connectivity index (χ1v) is 11.0. The summed E-state index contributed by atoms with van der Waals surface area (Å²) in [6, 6.07) is 12.3. The van der Waals surface area contributed by atoms with Gasteiger partial charge in [0, 0.05) is 11.8 Å². The normalized spacial score (nSPS) is 15.3. The van der Waals surface area contributed by atoms with E-state index in [2.05, 4.69) is 10.5 Å². The van der Waals surface area contributed by atoms with Gasteiger partial charge in [0.2, 0.25) is 5.91 Å². The highest BCUT2D eigenvalue weighted by Gasteiger charge is 2.39. The number of amides is 3. The van der Waals surface area contributed by atoms with Gasteiger partial charge in [0.1, 0.15) is 11.7 Å². The van der Waals surface area contributed by atoms with Gasteiger partial charge in [0.25, 0.3) is 11.8 Å². The SMILES string of the molecule is CCOC(=O)c1ccc(N2C(=O)c3ccccc3C(C=NNC(=O)c3ccoc3C)C2=O)c(Cl)c1. The minimum atomic E-state index is -0.976. The summed E-state index contributed by atoms with van der Waals surface area (Å²) in [6.45, 7) is 3.51.